The Hall–Kier alpha value is -10.8. The number of hydrogen-bond donors (Lipinski definition) is 3. The Labute approximate surface area is 506 Å². The summed E-state index contributed by atoms with van der Waals surface area (Å²) in [6.45, 7) is 0.768. The highest BCUT2D eigenvalue weighted by Crippen LogP contribution is 2.20. The summed E-state index contributed by atoms with van der Waals surface area (Å²) in [5.41, 5.74) is 5.52. The second kappa shape index (κ2) is 28.4. The average molecular weight is 1200 g/mol. The van der Waals surface area contributed by atoms with Crippen molar-refractivity contribution in [3.8, 4) is 0 Å². The lowest BCUT2D eigenvalue weighted by atomic mass is 10.1. The molecular formula is C67H60ClN11O9. The molecule has 14 rings (SSSR count). The van der Waals surface area contributed by atoms with E-state index in [1.165, 1.54) is 83.4 Å². The van der Waals surface area contributed by atoms with Crippen molar-refractivity contribution in [1.82, 2.24) is 53.0 Å². The van der Waals surface area contributed by atoms with E-state index in [-0.39, 0.29) is 43.1 Å². The minimum Gasteiger partial charge on any atom is -0.481 e. The highest BCUT2D eigenvalue weighted by molar-refractivity contribution is 6.18. The highest BCUT2D eigenvalue weighted by atomic mass is 35.5. The number of halogens is 1. The first kappa shape index (κ1) is 60.3. The molecule has 88 heavy (non-hydrogen) atoms. The fourth-order valence-electron chi connectivity index (χ4n) is 9.81. The number of hydrogen-bond acceptors (Lipinski definition) is 13. The summed E-state index contributed by atoms with van der Waals surface area (Å²) in [7, 11) is 3.45. The van der Waals surface area contributed by atoms with Crippen LogP contribution in [0.2, 0.25) is 0 Å². The summed E-state index contributed by atoms with van der Waals surface area (Å²) in [6.07, 6.45) is 9.66. The van der Waals surface area contributed by atoms with Crippen LogP contribution in [0.1, 0.15) is 33.9 Å². The largest absolute Gasteiger partial charge is 0.481 e. The number of carboxylic acids is 1. The quantitative estimate of drug-likeness (QED) is 0.0909. The highest BCUT2D eigenvalue weighted by Gasteiger charge is 2.15. The molecule has 21 heteroatoms. The molecule has 20 nitrogen and oxygen atoms in total. The van der Waals surface area contributed by atoms with E-state index >= 15 is 0 Å². The Morgan fingerprint density at radius 2 is 0.943 bits per heavy atom. The number of aromatic amines is 1. The van der Waals surface area contributed by atoms with Gasteiger partial charge in [0.25, 0.3) is 11.1 Å². The molecule has 3 N–H and O–H groups in total. The van der Waals surface area contributed by atoms with Crippen molar-refractivity contribution in [3.63, 3.8) is 0 Å². The monoisotopic (exact) mass is 1200 g/mol. The van der Waals surface area contributed by atoms with E-state index in [0.29, 0.717) is 46.9 Å². The van der Waals surface area contributed by atoms with Crippen molar-refractivity contribution >= 4 is 83.0 Å². The summed E-state index contributed by atoms with van der Waals surface area (Å²) in [6, 6.07) is 57.4. The maximum atomic E-state index is 12.6. The summed E-state index contributed by atoms with van der Waals surface area (Å²) in [4.78, 5) is 77.0. The first-order chi connectivity index (χ1) is 42.8. The average Bonchev–Trinajstić information content (AvgIpc) is 3.46. The molecule has 0 atom stereocenters. The number of rotatable bonds is 13. The topological polar surface area (TPSA) is 257 Å². The number of nitrogens with one attached hydrogen (secondary N) is 1. The minimum absolute atomic E-state index is 0.0190. The van der Waals surface area contributed by atoms with E-state index in [9.17, 15) is 24.0 Å². The molecule has 6 aromatic heterocycles. The zero-order chi connectivity index (χ0) is 61.5. The molecule has 0 spiro atoms. The summed E-state index contributed by atoms with van der Waals surface area (Å²) < 4.78 is 17.3. The van der Waals surface area contributed by atoms with Gasteiger partial charge in [-0.15, -0.1) is 16.7 Å². The Kier molecular flexibility index (Phi) is 19.4. The number of aliphatic hydroxyl groups excluding tert-OH is 1. The van der Waals surface area contributed by atoms with Gasteiger partial charge in [-0.2, -0.15) is 4.68 Å². The maximum absolute atomic E-state index is 12.6. The van der Waals surface area contributed by atoms with Crippen LogP contribution in [0.5, 0.6) is 0 Å². The number of oxazole rings is 1. The van der Waals surface area contributed by atoms with E-state index in [1.54, 1.807) is 23.2 Å². The first-order valence-electron chi connectivity index (χ1n) is 28.1. The second-order valence-corrected chi connectivity index (χ2v) is 20.9. The van der Waals surface area contributed by atoms with Crippen molar-refractivity contribution in [1.29, 1.82) is 0 Å². The molecule has 0 unspecified atom stereocenters. The first-order valence-corrected chi connectivity index (χ1v) is 28.6. The van der Waals surface area contributed by atoms with Gasteiger partial charge in [0.15, 0.2) is 22.3 Å². The predicted molar refractivity (Wildman–Crippen MR) is 340 cm³/mol. The number of aryl methyl sites for hydroxylation is 5. The van der Waals surface area contributed by atoms with Gasteiger partial charge in [-0.3, -0.25) is 28.5 Å². The Balaban J connectivity index is 0.000000128. The molecule has 0 radical (unpaired) electrons. The molecule has 0 fully saturated rings. The lowest BCUT2D eigenvalue weighted by Gasteiger charge is -2.03. The van der Waals surface area contributed by atoms with Crippen LogP contribution in [0.25, 0.3) is 65.4 Å². The second-order valence-electron chi connectivity index (χ2n) is 20.5. The third-order valence-corrected chi connectivity index (χ3v) is 14.5. The number of aromatic nitrogens is 11. The van der Waals surface area contributed by atoms with Crippen LogP contribution in [-0.2, 0) is 64.2 Å². The number of aliphatic carboxylic acids is 1. The third kappa shape index (κ3) is 15.2. The van der Waals surface area contributed by atoms with Crippen molar-refractivity contribution < 1.29 is 23.8 Å². The SMILES string of the molecule is ClCCc1ccc2ccccc2c1.Cn1cnc2ncn(Cc3c[nH]c(=O)o3)c(=O)c21.Cn1cnc2ncn(Cc3nn(CCc4ccc5ccccc5c4)c(=O)o3)c(=O)c21.O=C(O)Cc1ccc2ccccc2c1.OCCc1ccc2ccccc2c1. The Bertz CT molecular complexity index is 4900. The fraction of sp³-hybridized carbons (Fsp3) is 0.164. The predicted octanol–water partition coefficient (Wildman–Crippen LogP) is 9.65. The van der Waals surface area contributed by atoms with Crippen molar-refractivity contribution in [3.05, 3.63) is 277 Å². The maximum Gasteiger partial charge on any atom is 0.437 e. The van der Waals surface area contributed by atoms with Gasteiger partial charge in [-0.05, 0) is 84.6 Å². The molecule has 0 bridgehead atoms. The Morgan fingerprint density at radius 1 is 0.523 bits per heavy atom. The van der Waals surface area contributed by atoms with E-state index < -0.39 is 17.5 Å². The lowest BCUT2D eigenvalue weighted by Crippen LogP contribution is -2.22. The van der Waals surface area contributed by atoms with E-state index in [1.807, 2.05) is 72.8 Å². The molecule has 14 aromatic rings. The molecule has 8 aromatic carbocycles. The number of H-pyrrole nitrogens is 1. The van der Waals surface area contributed by atoms with Gasteiger partial charge >= 0.3 is 17.5 Å². The van der Waals surface area contributed by atoms with Gasteiger partial charge in [0.1, 0.15) is 25.0 Å². The number of nitrogens with zero attached hydrogens (tertiary/aromatic N) is 10. The van der Waals surface area contributed by atoms with Crippen molar-refractivity contribution in [2.24, 2.45) is 14.1 Å². The summed E-state index contributed by atoms with van der Waals surface area (Å²) in [5.74, 6) is -0.672. The minimum atomic E-state index is -0.791. The van der Waals surface area contributed by atoms with Gasteiger partial charge in [0.05, 0.1) is 32.2 Å². The lowest BCUT2D eigenvalue weighted by molar-refractivity contribution is -0.136. The molecule has 444 valence electrons. The summed E-state index contributed by atoms with van der Waals surface area (Å²) >= 11 is 5.69. The number of fused-ring (bicyclic) bond motifs is 6. The van der Waals surface area contributed by atoms with Gasteiger partial charge in [0.2, 0.25) is 5.89 Å². The van der Waals surface area contributed by atoms with Crippen LogP contribution in [0.15, 0.2) is 229 Å². The number of alkyl halides is 1. The molecule has 6 heterocycles. The third-order valence-electron chi connectivity index (χ3n) is 14.3. The van der Waals surface area contributed by atoms with Crippen LogP contribution in [0, 0.1) is 0 Å². The zero-order valence-electron chi connectivity index (χ0n) is 48.0. The molecule has 0 saturated carbocycles. The van der Waals surface area contributed by atoms with Gasteiger partial charge in [-0.25, -0.2) is 29.5 Å². The van der Waals surface area contributed by atoms with Crippen LogP contribution in [0.3, 0.4) is 0 Å². The molecular weight excluding hydrogens is 1140 g/mol. The number of aliphatic hydroxyl groups is 1. The zero-order valence-corrected chi connectivity index (χ0v) is 48.8. The van der Waals surface area contributed by atoms with Crippen LogP contribution in [0.4, 0.5) is 0 Å². The normalized spacial score (nSPS) is 11.0. The number of carbonyl (C=O) groups is 1. The number of benzene rings is 8. The van der Waals surface area contributed by atoms with E-state index in [2.05, 4.69) is 127 Å². The van der Waals surface area contributed by atoms with Crippen LogP contribution >= 0.6 is 11.6 Å². The van der Waals surface area contributed by atoms with Crippen LogP contribution in [-0.4, -0.2) is 81.6 Å². The summed E-state index contributed by atoms with van der Waals surface area (Å²) in [5, 5.41) is 31.3. The molecule has 0 aliphatic carbocycles. The Morgan fingerprint density at radius 3 is 1.39 bits per heavy atom. The van der Waals surface area contributed by atoms with Crippen LogP contribution < -0.4 is 22.6 Å². The van der Waals surface area contributed by atoms with Gasteiger partial charge < -0.3 is 28.2 Å². The van der Waals surface area contributed by atoms with E-state index in [0.717, 1.165) is 40.1 Å². The molecule has 0 amide bonds. The number of carboxylic acid groups (broad SMARTS) is 1. The van der Waals surface area contributed by atoms with Crippen molar-refractivity contribution in [2.75, 3.05) is 12.5 Å². The molecule has 0 saturated heterocycles. The fourth-order valence-corrected chi connectivity index (χ4v) is 10.0. The van der Waals surface area contributed by atoms with E-state index in [4.69, 9.17) is 30.6 Å². The number of imidazole rings is 2. The molecule has 0 aliphatic heterocycles. The van der Waals surface area contributed by atoms with Crippen molar-refractivity contribution in [2.45, 2.75) is 45.3 Å². The molecule has 0 aliphatic rings. The standard InChI is InChI=1S/C21H18N6O3.C12H11Cl.C12H10O2.C12H12O.C10H9N5O3/c1-25-12-22-19-18(25)20(28)26(13-23-19)11-17-24-27(21(29)30-17)9-8-14-6-7-15-4-2-3-5-16(15)10-14;13-8-7-10-5-6-11-3-1-2-4-12(11)9-10;13-12(14)8-9-5-6-10-3-1-2-4-11(10)7-9;13-8-7-10-5-6-11-3-1-2-4-12(11)9-10;1-14-4-12-8-7(14)9(16)15(5-13-8)3-6-2-11-10(17)18-6/h2-7,10,12-13H,8-9,11H2,1H3;1-6,9H,7-8H2;1-7H,8H2,(H,13,14);1-6,9,13H,7-8H2;2,4-5H,3H2,1H3,(H,11,17). The van der Waals surface area contributed by atoms with Gasteiger partial charge in [0, 0.05) is 32.8 Å². The smallest absolute Gasteiger partial charge is 0.437 e. The van der Waals surface area contributed by atoms with Gasteiger partial charge in [-0.1, -0.05) is 170 Å².